The summed E-state index contributed by atoms with van der Waals surface area (Å²) in [4.78, 5) is 48.4. The molecule has 8 heteroatoms. The highest BCUT2D eigenvalue weighted by molar-refractivity contribution is 8.02. The molecule has 0 aromatic heterocycles. The molecular weight excluding hydrogens is 510 g/mol. The first-order chi connectivity index (χ1) is 18.5. The van der Waals surface area contributed by atoms with Crippen molar-refractivity contribution in [3.05, 3.63) is 54.6 Å². The molecule has 2 bridgehead atoms. The van der Waals surface area contributed by atoms with Crippen LogP contribution in [0.15, 0.2) is 43.5 Å². The van der Waals surface area contributed by atoms with Crippen LogP contribution < -0.4 is 4.90 Å². The van der Waals surface area contributed by atoms with Gasteiger partial charge in [0.2, 0.25) is 11.8 Å². The Morgan fingerprint density at radius 3 is 2.38 bits per heavy atom. The van der Waals surface area contributed by atoms with Crippen LogP contribution >= 0.6 is 11.8 Å². The Morgan fingerprint density at radius 1 is 1.18 bits per heavy atom. The summed E-state index contributed by atoms with van der Waals surface area (Å²) >= 11 is 1.66. The topological polar surface area (TPSA) is 81.2 Å². The summed E-state index contributed by atoms with van der Waals surface area (Å²) in [6.45, 7) is 18.7. The van der Waals surface area contributed by atoms with Crippen LogP contribution in [0.1, 0.15) is 51.2 Å². The van der Waals surface area contributed by atoms with Crippen LogP contribution in [0.5, 0.6) is 0 Å². The number of nitrogens with zero attached hydrogens (tertiary/aromatic N) is 3. The molecule has 4 rings (SSSR count). The number of aryl methyl sites for hydroxylation is 2. The molecule has 0 radical (unpaired) electrons. The van der Waals surface area contributed by atoms with Crippen molar-refractivity contribution < 1.29 is 19.5 Å². The number of benzene rings is 1. The van der Waals surface area contributed by atoms with Crippen molar-refractivity contribution in [1.29, 1.82) is 0 Å². The van der Waals surface area contributed by atoms with Gasteiger partial charge in [-0.2, -0.15) is 0 Å². The molecule has 0 saturated carbocycles. The molecule has 3 saturated heterocycles. The number of carbonyl (C=O) groups excluding carboxylic acids is 3. The number of carbonyl (C=O) groups is 3. The Bertz CT molecular complexity index is 1150. The Labute approximate surface area is 237 Å². The maximum Gasteiger partial charge on any atom is 0.251 e. The number of fused-ring (bicyclic) bond motifs is 1. The molecule has 3 aliphatic rings. The Morgan fingerprint density at radius 2 is 1.82 bits per heavy atom. The minimum Gasteiger partial charge on any atom is -0.394 e. The zero-order valence-electron chi connectivity index (χ0n) is 24.0. The largest absolute Gasteiger partial charge is 0.394 e. The summed E-state index contributed by atoms with van der Waals surface area (Å²) in [6.07, 6.45) is 5.67. The average molecular weight is 554 g/mol. The lowest BCUT2D eigenvalue weighted by atomic mass is 9.66. The molecule has 3 heterocycles. The molecule has 39 heavy (non-hydrogen) atoms. The highest BCUT2D eigenvalue weighted by Crippen LogP contribution is 2.72. The molecular formula is C31H43N3O4S. The molecule has 0 aliphatic carbocycles. The van der Waals surface area contributed by atoms with Crippen LogP contribution in [0.3, 0.4) is 0 Å². The maximum atomic E-state index is 14.7. The van der Waals surface area contributed by atoms with Crippen LogP contribution in [0.2, 0.25) is 0 Å². The molecule has 6 atom stereocenters. The second kappa shape index (κ2) is 11.1. The number of anilines is 1. The molecule has 2 unspecified atom stereocenters. The lowest BCUT2D eigenvalue weighted by Gasteiger charge is -2.39. The van der Waals surface area contributed by atoms with Crippen LogP contribution in [0, 0.1) is 25.7 Å². The van der Waals surface area contributed by atoms with Gasteiger partial charge in [0.25, 0.3) is 5.91 Å². The van der Waals surface area contributed by atoms with E-state index in [1.54, 1.807) is 45.5 Å². The number of hydrogen-bond donors (Lipinski definition) is 1. The number of para-hydroxylation sites is 1. The number of aliphatic hydroxyl groups excluding tert-OH is 1. The second-order valence-corrected chi connectivity index (χ2v) is 13.5. The van der Waals surface area contributed by atoms with Crippen LogP contribution in [-0.4, -0.2) is 80.4 Å². The smallest absolute Gasteiger partial charge is 0.251 e. The minimum absolute atomic E-state index is 0.0333. The number of amides is 3. The fourth-order valence-corrected chi connectivity index (χ4v) is 9.62. The molecule has 1 aromatic rings. The van der Waals surface area contributed by atoms with Crippen LogP contribution in [-0.2, 0) is 14.4 Å². The predicted molar refractivity (Wildman–Crippen MR) is 158 cm³/mol. The third-order valence-electron chi connectivity index (χ3n) is 8.90. The Kier molecular flexibility index (Phi) is 8.39. The second-order valence-electron chi connectivity index (χ2n) is 11.6. The van der Waals surface area contributed by atoms with Gasteiger partial charge in [-0.1, -0.05) is 37.3 Å². The van der Waals surface area contributed by atoms with Crippen LogP contribution in [0.25, 0.3) is 0 Å². The van der Waals surface area contributed by atoms with Gasteiger partial charge in [-0.05, 0) is 58.1 Å². The van der Waals surface area contributed by atoms with Gasteiger partial charge in [0, 0.05) is 30.1 Å². The Balaban J connectivity index is 1.85. The molecule has 212 valence electrons. The first kappa shape index (κ1) is 29.4. The van der Waals surface area contributed by atoms with E-state index in [1.165, 1.54) is 0 Å². The van der Waals surface area contributed by atoms with E-state index >= 15 is 0 Å². The van der Waals surface area contributed by atoms with E-state index in [0.29, 0.717) is 26.1 Å². The van der Waals surface area contributed by atoms with Crippen molar-refractivity contribution in [2.75, 3.05) is 31.1 Å². The number of hydrogen-bond acceptors (Lipinski definition) is 5. The molecule has 3 amide bonds. The van der Waals surface area contributed by atoms with Crippen molar-refractivity contribution in [3.63, 3.8) is 0 Å². The fourth-order valence-electron chi connectivity index (χ4n) is 7.29. The quantitative estimate of drug-likeness (QED) is 0.417. The van der Waals surface area contributed by atoms with E-state index in [1.807, 2.05) is 39.0 Å². The molecule has 1 spiro atoms. The van der Waals surface area contributed by atoms with Crippen LogP contribution in [0.4, 0.5) is 5.69 Å². The lowest BCUT2D eigenvalue weighted by Crippen LogP contribution is -2.57. The van der Waals surface area contributed by atoms with Gasteiger partial charge >= 0.3 is 0 Å². The van der Waals surface area contributed by atoms with Gasteiger partial charge in [0.05, 0.1) is 29.2 Å². The predicted octanol–water partition coefficient (Wildman–Crippen LogP) is 4.11. The van der Waals surface area contributed by atoms with E-state index in [4.69, 9.17) is 0 Å². The first-order valence-corrected chi connectivity index (χ1v) is 14.9. The van der Waals surface area contributed by atoms with Crippen molar-refractivity contribution in [2.45, 2.75) is 75.5 Å². The van der Waals surface area contributed by atoms with Gasteiger partial charge in [0.1, 0.15) is 6.04 Å². The molecule has 1 N–H and O–H groups in total. The molecule has 7 nitrogen and oxygen atoms in total. The fraction of sp³-hybridized carbons (Fsp3) is 0.581. The van der Waals surface area contributed by atoms with Gasteiger partial charge < -0.3 is 19.8 Å². The zero-order chi connectivity index (χ0) is 28.7. The van der Waals surface area contributed by atoms with Gasteiger partial charge in [-0.3, -0.25) is 14.4 Å². The first-order valence-electron chi connectivity index (χ1n) is 14.0. The number of rotatable bonds is 11. The van der Waals surface area contributed by atoms with E-state index < -0.39 is 33.4 Å². The van der Waals surface area contributed by atoms with Gasteiger partial charge in [-0.25, -0.2) is 0 Å². The van der Waals surface area contributed by atoms with E-state index in [9.17, 15) is 19.5 Å². The molecule has 1 aromatic carbocycles. The van der Waals surface area contributed by atoms with Crippen molar-refractivity contribution in [1.82, 2.24) is 9.80 Å². The minimum atomic E-state index is -0.792. The normalized spacial score (nSPS) is 29.7. The van der Waals surface area contributed by atoms with Gasteiger partial charge in [-0.15, -0.1) is 24.9 Å². The van der Waals surface area contributed by atoms with Gasteiger partial charge in [0.15, 0.2) is 0 Å². The zero-order valence-corrected chi connectivity index (χ0v) is 24.8. The number of thioether (sulfide) groups is 1. The standard InChI is InChI=1S/C31H43N3O4S/c1-8-16-32(17-9-2)27(36)23-24-28(37)34(22(6)19-35)26(31(24)15-14-30(23,7)39-31)29(38)33(18-10-3)25-20(4)12-11-13-21(25)5/h8,10-13,22-24,26,35H,1,3,9,14-19H2,2,4-7H3/t22-,23+,24+,26?,30-,31?/m1/s1. The maximum absolute atomic E-state index is 14.7. The van der Waals surface area contributed by atoms with Crippen molar-refractivity contribution in [2.24, 2.45) is 11.8 Å². The van der Waals surface area contributed by atoms with E-state index in [-0.39, 0.29) is 24.3 Å². The Hall–Kier alpha value is -2.58. The molecule has 3 fully saturated rings. The summed E-state index contributed by atoms with van der Waals surface area (Å²) in [7, 11) is 0. The summed E-state index contributed by atoms with van der Waals surface area (Å²) in [5.41, 5.74) is 2.75. The number of aliphatic hydroxyl groups is 1. The van der Waals surface area contributed by atoms with E-state index in [0.717, 1.165) is 29.7 Å². The monoisotopic (exact) mass is 553 g/mol. The SMILES string of the molecule is C=CCN(CCC)C(=O)[C@@H]1[C@H]2C(=O)N([C@H](C)CO)C(C(=O)N(CC=C)c3c(C)cccc3C)C23CC[C@@]1(C)S3. The number of likely N-dealkylation sites (tertiary alicyclic amines) is 1. The third-order valence-corrected chi connectivity index (χ3v) is 10.9. The third kappa shape index (κ3) is 4.53. The van der Waals surface area contributed by atoms with Crippen molar-refractivity contribution in [3.8, 4) is 0 Å². The summed E-state index contributed by atoms with van der Waals surface area (Å²) in [6, 6.07) is 4.58. The van der Waals surface area contributed by atoms with E-state index in [2.05, 4.69) is 20.1 Å². The summed E-state index contributed by atoms with van der Waals surface area (Å²) < 4.78 is -1.19. The average Bonchev–Trinajstić information content (AvgIpc) is 3.47. The molecule has 3 aliphatic heterocycles. The van der Waals surface area contributed by atoms with Crippen molar-refractivity contribution >= 4 is 35.2 Å². The summed E-state index contributed by atoms with van der Waals surface area (Å²) in [5, 5.41) is 10.2. The highest BCUT2D eigenvalue weighted by atomic mass is 32.2. The lowest BCUT2D eigenvalue weighted by molar-refractivity contribution is -0.146. The highest BCUT2D eigenvalue weighted by Gasteiger charge is 2.77. The summed E-state index contributed by atoms with van der Waals surface area (Å²) in [5.74, 6) is -1.56.